The van der Waals surface area contributed by atoms with Gasteiger partial charge in [0.15, 0.2) is 0 Å². The van der Waals surface area contributed by atoms with Gasteiger partial charge in [0.25, 0.3) is 0 Å². The first-order valence-corrected chi connectivity index (χ1v) is 32.8. The molecular weight excluding hydrogens is 780 g/mol. The second kappa shape index (κ2) is 44.3. The van der Waals surface area contributed by atoms with E-state index in [9.17, 15) is 0 Å². The summed E-state index contributed by atoms with van der Waals surface area (Å²) in [5, 5.41) is 0. The van der Waals surface area contributed by atoms with E-state index in [0.29, 0.717) is 16.1 Å². The van der Waals surface area contributed by atoms with Gasteiger partial charge in [0.05, 0.1) is 0 Å². The van der Waals surface area contributed by atoms with E-state index in [0.717, 1.165) is 37.0 Å². The topological polar surface area (TPSA) is 35.5 Å². The summed E-state index contributed by atoms with van der Waals surface area (Å²) in [5.41, 5.74) is 0. The molecule has 0 fully saturated rings. The van der Waals surface area contributed by atoms with Crippen LogP contribution in [-0.4, -0.2) is 12.7 Å². The molecule has 3 nitrogen and oxygen atoms in total. The first-order valence-electron chi connectivity index (χ1n) is 28.7. The van der Waals surface area contributed by atoms with Crippen molar-refractivity contribution in [2.45, 2.75) is 341 Å². The van der Waals surface area contributed by atoms with Gasteiger partial charge in [-0.2, -0.15) is 0 Å². The van der Waals surface area contributed by atoms with Gasteiger partial charge in [-0.15, -0.1) is 0 Å². The Morgan fingerprint density at radius 2 is 0.475 bits per heavy atom. The minimum atomic E-state index is -4.80. The molecule has 0 saturated heterocycles. The second-order valence-corrected chi connectivity index (χ2v) is 28.9. The fourth-order valence-electron chi connectivity index (χ4n) is 9.77. The van der Waals surface area contributed by atoms with Gasteiger partial charge in [-0.3, -0.25) is 0 Å². The van der Waals surface area contributed by atoms with E-state index >= 15 is 3.32 Å². The van der Waals surface area contributed by atoms with Crippen LogP contribution in [0, 0.1) is 17.8 Å². The molecule has 0 aliphatic heterocycles. The quantitative estimate of drug-likeness (QED) is 0.0451. The zero-order chi connectivity index (χ0) is 45.0. The molecule has 0 aliphatic rings. The van der Waals surface area contributed by atoms with Gasteiger partial charge in [0, 0.05) is 0 Å². The predicted molar refractivity (Wildman–Crippen MR) is 271 cm³/mol. The molecule has 0 aromatic heterocycles. The molecule has 368 valence electrons. The molecule has 0 aliphatic carbocycles. The maximum absolute atomic E-state index is 15.3. The Morgan fingerprint density at radius 3 is 0.689 bits per heavy atom. The van der Waals surface area contributed by atoms with Crippen LogP contribution >= 0.6 is 0 Å². The number of hydrogen-bond donors (Lipinski definition) is 0. The molecule has 0 spiro atoms. The molecule has 0 N–H and O–H groups in total. The van der Waals surface area contributed by atoms with Crippen LogP contribution in [0.4, 0.5) is 0 Å². The maximum atomic E-state index is 15.3. The summed E-state index contributed by atoms with van der Waals surface area (Å²) in [4.78, 5) is 0. The summed E-state index contributed by atoms with van der Waals surface area (Å²) in [6.45, 7) is 18.9. The molecule has 0 heterocycles. The van der Waals surface area contributed by atoms with Gasteiger partial charge >= 0.3 is 267 Å². The molecule has 0 unspecified atom stereocenters. The summed E-state index contributed by atoms with van der Waals surface area (Å²) in [5.74, 6) is 2.58. The van der Waals surface area contributed by atoms with Gasteiger partial charge in [0.2, 0.25) is 0 Å². The molecule has 0 radical (unpaired) electrons. The van der Waals surface area contributed by atoms with Crippen molar-refractivity contribution < 1.29 is 26.0 Å². The van der Waals surface area contributed by atoms with Gasteiger partial charge in [-0.05, 0) is 17.8 Å². The van der Waals surface area contributed by atoms with E-state index < -0.39 is 16.1 Å². The van der Waals surface area contributed by atoms with E-state index in [1.165, 1.54) is 250 Å². The molecular formula is C57H118O3Ti. The molecule has 61 heavy (non-hydrogen) atoms. The molecule has 0 bridgehead atoms. The summed E-state index contributed by atoms with van der Waals surface area (Å²) < 4.78 is 30.0. The molecule has 0 aromatic carbocycles. The van der Waals surface area contributed by atoms with Crippen molar-refractivity contribution in [1.82, 2.24) is 0 Å². The number of unbranched alkanes of at least 4 members (excludes halogenated alkanes) is 36. The van der Waals surface area contributed by atoms with Crippen molar-refractivity contribution in [1.29, 1.82) is 0 Å². The third-order valence-corrected chi connectivity index (χ3v) is 20.7. The van der Waals surface area contributed by atoms with Crippen LogP contribution in [0.2, 0.25) is 9.45 Å². The summed E-state index contributed by atoms with van der Waals surface area (Å²) in [6.07, 6.45) is 56.6. The van der Waals surface area contributed by atoms with Crippen molar-refractivity contribution in [2.75, 3.05) is 6.61 Å². The van der Waals surface area contributed by atoms with Crippen molar-refractivity contribution in [3.05, 3.63) is 0 Å². The van der Waals surface area contributed by atoms with Crippen LogP contribution in [0.5, 0.6) is 0 Å². The molecule has 0 aromatic rings. The van der Waals surface area contributed by atoms with E-state index in [2.05, 4.69) is 55.4 Å². The van der Waals surface area contributed by atoms with Crippen molar-refractivity contribution in [3.8, 4) is 0 Å². The van der Waals surface area contributed by atoms with Crippen molar-refractivity contribution in [2.24, 2.45) is 17.8 Å². The predicted octanol–water partition coefficient (Wildman–Crippen LogP) is 21.5. The zero-order valence-corrected chi connectivity index (χ0v) is 45.4. The monoisotopic (exact) mass is 899 g/mol. The minimum absolute atomic E-state index is 0.0422. The molecule has 4 heteroatoms. The first kappa shape index (κ1) is 61.4. The average molecular weight is 899 g/mol. The summed E-state index contributed by atoms with van der Waals surface area (Å²) in [7, 11) is 0. The fraction of sp³-hybridized carbons (Fsp3) is 1.00. The Balaban J connectivity index is 4.58. The Kier molecular flexibility index (Phi) is 44.6. The van der Waals surface area contributed by atoms with Crippen molar-refractivity contribution in [3.63, 3.8) is 0 Å². The Bertz CT molecular complexity index is 884. The van der Waals surface area contributed by atoms with Crippen LogP contribution in [-0.2, 0) is 26.0 Å². The van der Waals surface area contributed by atoms with Crippen LogP contribution in [0.3, 0.4) is 0 Å². The van der Waals surface area contributed by atoms with Crippen LogP contribution < -0.4 is 0 Å². The molecule has 0 amide bonds. The zero-order valence-electron chi connectivity index (χ0n) is 43.9. The number of hydrogen-bond acceptors (Lipinski definition) is 3. The normalized spacial score (nSPS) is 12.7. The van der Waals surface area contributed by atoms with Crippen molar-refractivity contribution >= 4 is 0 Å². The van der Waals surface area contributed by atoms with E-state index in [4.69, 9.17) is 6.64 Å². The third-order valence-electron chi connectivity index (χ3n) is 13.7. The number of rotatable bonds is 51. The molecule has 0 saturated carbocycles. The summed E-state index contributed by atoms with van der Waals surface area (Å²) >= 11 is -4.80. The first-order chi connectivity index (χ1) is 29.5. The van der Waals surface area contributed by atoms with Gasteiger partial charge in [-0.1, -0.05) is 106 Å². The van der Waals surface area contributed by atoms with E-state index in [1.807, 2.05) is 0 Å². The standard InChI is InChI=1S/C18H37O.2C18H37.C3H7O.O.Ti/c1-18(2)16-14-12-10-8-6-4-3-5-7-9-11-13-15-17-19;2*1-4-5-6-7-8-9-10-11-12-13-14-15-16-17-18(2)3;1-3(2)4;;/h18H,3-17H2,1-2H3;2*18H,1,4-17H2,2-3H3;3H,1-2H3;;/q-1;;;-1;;+2. The Hall–Kier alpha value is 0.434. The van der Waals surface area contributed by atoms with E-state index in [-0.39, 0.29) is 6.10 Å². The molecule has 0 rings (SSSR count). The van der Waals surface area contributed by atoms with E-state index in [1.54, 1.807) is 0 Å². The fourth-order valence-corrected chi connectivity index (χ4v) is 16.6. The van der Waals surface area contributed by atoms with Gasteiger partial charge in [-0.25, -0.2) is 0 Å². The SMILES string of the molecule is CC(C)CCCCCCCCCCCCCCC[O][Ti](=[O])([CH2]CCCCCCCCCCCCCCC(C)C)([CH2]CCCCCCCCCCCCCCC(C)C)[O]C(C)C. The van der Waals surface area contributed by atoms with Crippen LogP contribution in [0.15, 0.2) is 0 Å². The summed E-state index contributed by atoms with van der Waals surface area (Å²) in [6, 6.07) is 0. The van der Waals surface area contributed by atoms with Crippen LogP contribution in [0.1, 0.15) is 325 Å². The Labute approximate surface area is 388 Å². The molecule has 0 atom stereocenters. The van der Waals surface area contributed by atoms with Crippen LogP contribution in [0.25, 0.3) is 0 Å². The Morgan fingerprint density at radius 1 is 0.279 bits per heavy atom. The van der Waals surface area contributed by atoms with Gasteiger partial charge in [0.1, 0.15) is 0 Å². The third kappa shape index (κ3) is 45.4. The second-order valence-electron chi connectivity index (χ2n) is 22.2. The average Bonchev–Trinajstić information content (AvgIpc) is 3.20. The van der Waals surface area contributed by atoms with Gasteiger partial charge < -0.3 is 0 Å².